The molecule has 2 aromatic carbocycles. The topological polar surface area (TPSA) is 76.5 Å². The van der Waals surface area contributed by atoms with Crippen LogP contribution < -0.4 is 10.4 Å². The molecule has 0 N–H and O–H groups in total. The molecule has 1 heterocycles. The summed E-state index contributed by atoms with van der Waals surface area (Å²) in [5.41, 5.74) is 8.82. The van der Waals surface area contributed by atoms with Gasteiger partial charge in [-0.25, -0.2) is 0 Å². The monoisotopic (exact) mass is 439 g/mol. The minimum Gasteiger partial charge on any atom is -0.402 e. The molecule has 0 radical (unpaired) electrons. The van der Waals surface area contributed by atoms with Crippen LogP contribution in [0.4, 0.5) is 0 Å². The molecule has 1 aliphatic heterocycles. The Balaban J connectivity index is 2.11. The zero-order valence-electron chi connectivity index (χ0n) is 19.1. The summed E-state index contributed by atoms with van der Waals surface area (Å²) in [6.07, 6.45) is 0.0719. The molecule has 7 heteroatoms. The first-order valence-electron chi connectivity index (χ1n) is 10.8. The zero-order chi connectivity index (χ0) is 22.5. The van der Waals surface area contributed by atoms with Gasteiger partial charge in [0.2, 0.25) is 0 Å². The van der Waals surface area contributed by atoms with Crippen molar-refractivity contribution in [1.29, 1.82) is 0 Å². The Labute approximate surface area is 186 Å². The van der Waals surface area contributed by atoms with Gasteiger partial charge in [0.05, 0.1) is 12.7 Å². The molecule has 1 saturated heterocycles. The van der Waals surface area contributed by atoms with Gasteiger partial charge in [0.1, 0.15) is 6.10 Å². The van der Waals surface area contributed by atoms with Gasteiger partial charge in [-0.1, -0.05) is 86.5 Å². The van der Waals surface area contributed by atoms with Gasteiger partial charge < -0.3 is 13.9 Å². The second-order valence-electron chi connectivity index (χ2n) is 9.43. The molecule has 0 bridgehead atoms. The third-order valence-corrected chi connectivity index (χ3v) is 10.8. The van der Waals surface area contributed by atoms with Crippen molar-refractivity contribution < 1.29 is 13.9 Å². The first kappa shape index (κ1) is 23.5. The van der Waals surface area contributed by atoms with Crippen molar-refractivity contribution in [3.05, 3.63) is 71.1 Å². The summed E-state index contributed by atoms with van der Waals surface area (Å²) in [7, 11) is -2.76. The molecule has 0 unspecified atom stereocenters. The van der Waals surface area contributed by atoms with Crippen LogP contribution in [-0.4, -0.2) is 39.5 Å². The van der Waals surface area contributed by atoms with Gasteiger partial charge in [0.25, 0.3) is 8.32 Å². The average molecular weight is 440 g/mol. The van der Waals surface area contributed by atoms with Crippen molar-refractivity contribution in [3.8, 4) is 0 Å². The van der Waals surface area contributed by atoms with E-state index >= 15 is 0 Å². The Bertz CT molecular complexity index is 854. The van der Waals surface area contributed by atoms with Crippen molar-refractivity contribution in [1.82, 2.24) is 0 Å². The van der Waals surface area contributed by atoms with Gasteiger partial charge >= 0.3 is 0 Å². The quantitative estimate of drug-likeness (QED) is 0.257. The highest BCUT2D eigenvalue weighted by atomic mass is 28.4. The van der Waals surface area contributed by atoms with E-state index in [1.54, 1.807) is 0 Å². The van der Waals surface area contributed by atoms with Crippen LogP contribution in [0, 0.1) is 0 Å². The number of ether oxygens (including phenoxy) is 2. The summed E-state index contributed by atoms with van der Waals surface area (Å²) in [5, 5.41) is 6.04. The maximum absolute atomic E-state index is 8.82. The molecule has 6 nitrogen and oxygen atoms in total. The molecule has 2 aromatic rings. The van der Waals surface area contributed by atoms with Crippen molar-refractivity contribution in [2.75, 3.05) is 13.2 Å². The predicted molar refractivity (Wildman–Crippen MR) is 126 cm³/mol. The van der Waals surface area contributed by atoms with Crippen LogP contribution in [0.15, 0.2) is 65.8 Å². The molecule has 0 spiro atoms. The van der Waals surface area contributed by atoms with Crippen molar-refractivity contribution in [2.24, 2.45) is 5.11 Å². The predicted octanol–water partition coefficient (Wildman–Crippen LogP) is 4.78. The second kappa shape index (κ2) is 9.55. The van der Waals surface area contributed by atoms with Crippen LogP contribution in [0.5, 0.6) is 0 Å². The van der Waals surface area contributed by atoms with Gasteiger partial charge in [-0.15, -0.1) is 0 Å². The number of azide groups is 1. The Morgan fingerprint density at radius 1 is 1.10 bits per heavy atom. The zero-order valence-corrected chi connectivity index (χ0v) is 20.1. The highest BCUT2D eigenvalue weighted by Crippen LogP contribution is 2.39. The van der Waals surface area contributed by atoms with Crippen LogP contribution in [-0.2, 0) is 13.9 Å². The summed E-state index contributed by atoms with van der Waals surface area (Å²) >= 11 is 0. The molecule has 166 valence electrons. The van der Waals surface area contributed by atoms with Crippen molar-refractivity contribution >= 4 is 18.7 Å². The third-order valence-electron chi connectivity index (χ3n) is 5.77. The average Bonchev–Trinajstić information content (AvgIpc) is 3.10. The molecule has 1 fully saturated rings. The highest BCUT2D eigenvalue weighted by Gasteiger charge is 2.53. The van der Waals surface area contributed by atoms with Crippen LogP contribution in [0.2, 0.25) is 5.04 Å². The maximum Gasteiger partial charge on any atom is 0.261 e. The number of hydrogen-bond acceptors (Lipinski definition) is 4. The highest BCUT2D eigenvalue weighted by molar-refractivity contribution is 6.99. The standard InChI is InChI=1S/C24H33N3O3Si/c1-23(2,3)31(19-12-8-6-9-13-19,20-14-10-7-11-15-20)30-21(16-17-26-27-25)22-18-28-24(4,5)29-22/h6-15,21-22H,16-18H2,1-5H3/t21-,22+/m0/s1. The van der Waals surface area contributed by atoms with Gasteiger partial charge in [0, 0.05) is 11.5 Å². The third kappa shape index (κ3) is 5.19. The van der Waals surface area contributed by atoms with E-state index in [-0.39, 0.29) is 17.2 Å². The van der Waals surface area contributed by atoms with E-state index in [1.165, 1.54) is 10.4 Å². The lowest BCUT2D eigenvalue weighted by atomic mass is 10.1. The Morgan fingerprint density at radius 2 is 1.65 bits per heavy atom. The lowest BCUT2D eigenvalue weighted by molar-refractivity contribution is -0.149. The van der Waals surface area contributed by atoms with E-state index < -0.39 is 14.1 Å². The van der Waals surface area contributed by atoms with Crippen LogP contribution in [0.25, 0.3) is 10.4 Å². The van der Waals surface area contributed by atoms with Crippen molar-refractivity contribution in [3.63, 3.8) is 0 Å². The van der Waals surface area contributed by atoms with Crippen LogP contribution in [0.1, 0.15) is 41.0 Å². The summed E-state index contributed by atoms with van der Waals surface area (Å²) in [4.78, 5) is 2.93. The molecular formula is C24H33N3O3Si. The van der Waals surface area contributed by atoms with E-state index in [0.29, 0.717) is 19.6 Å². The van der Waals surface area contributed by atoms with Crippen molar-refractivity contribution in [2.45, 2.75) is 64.1 Å². The molecule has 31 heavy (non-hydrogen) atoms. The van der Waals surface area contributed by atoms with Gasteiger partial charge in [-0.2, -0.15) is 0 Å². The van der Waals surface area contributed by atoms with E-state index in [2.05, 4.69) is 79.3 Å². The second-order valence-corrected chi connectivity index (χ2v) is 13.7. The molecule has 0 aliphatic carbocycles. The van der Waals surface area contributed by atoms with Gasteiger partial charge in [-0.05, 0) is 41.2 Å². The Kier molecular flexibility index (Phi) is 7.24. The fourth-order valence-electron chi connectivity index (χ4n) is 4.37. The summed E-state index contributed by atoms with van der Waals surface area (Å²) in [5.74, 6) is -0.657. The maximum atomic E-state index is 8.82. The smallest absolute Gasteiger partial charge is 0.261 e. The number of rotatable bonds is 8. The summed E-state index contributed by atoms with van der Waals surface area (Å²) in [6.45, 7) is 11.4. The van der Waals surface area contributed by atoms with Crippen LogP contribution in [0.3, 0.4) is 0 Å². The van der Waals surface area contributed by atoms with E-state index in [9.17, 15) is 0 Å². The molecular weight excluding hydrogens is 406 g/mol. The minimum absolute atomic E-state index is 0.151. The number of benzene rings is 2. The Morgan fingerprint density at radius 3 is 2.06 bits per heavy atom. The summed E-state index contributed by atoms with van der Waals surface area (Å²) in [6, 6.07) is 21.0. The lowest BCUT2D eigenvalue weighted by Gasteiger charge is -2.46. The molecule has 1 aliphatic rings. The van der Waals surface area contributed by atoms with Gasteiger partial charge in [0.15, 0.2) is 5.79 Å². The first-order chi connectivity index (χ1) is 14.7. The summed E-state index contributed by atoms with van der Waals surface area (Å²) < 4.78 is 19.3. The lowest BCUT2D eigenvalue weighted by Crippen LogP contribution is -2.68. The molecule has 0 saturated carbocycles. The largest absolute Gasteiger partial charge is 0.402 e. The molecule has 0 aromatic heterocycles. The van der Waals surface area contributed by atoms with E-state index in [4.69, 9.17) is 19.4 Å². The molecule has 2 atom stereocenters. The first-order valence-corrected chi connectivity index (χ1v) is 12.7. The van der Waals surface area contributed by atoms with Crippen LogP contribution >= 0.6 is 0 Å². The number of nitrogens with zero attached hydrogens (tertiary/aromatic N) is 3. The minimum atomic E-state index is -2.76. The Hall–Kier alpha value is -2.15. The molecule has 0 amide bonds. The van der Waals surface area contributed by atoms with Gasteiger partial charge in [-0.3, -0.25) is 0 Å². The van der Waals surface area contributed by atoms with E-state index in [0.717, 1.165) is 0 Å². The SMILES string of the molecule is CC1(C)OC[C@H]([C@H](CCN=[N+]=[N-])O[Si](c2ccccc2)(c2ccccc2)C(C)(C)C)O1. The molecule has 3 rings (SSSR count). The fraction of sp³-hybridized carbons (Fsp3) is 0.500. The fourth-order valence-corrected chi connectivity index (χ4v) is 9.11. The number of hydrogen-bond donors (Lipinski definition) is 0. The van der Waals surface area contributed by atoms with E-state index in [1.807, 2.05) is 26.0 Å². The normalized spacial score (nSPS) is 19.6.